The van der Waals surface area contributed by atoms with Gasteiger partial charge in [-0.05, 0) is 31.0 Å². The van der Waals surface area contributed by atoms with E-state index in [1.807, 2.05) is 11.0 Å². The number of aromatic nitrogens is 4. The van der Waals surface area contributed by atoms with Crippen molar-refractivity contribution in [2.45, 2.75) is 18.9 Å². The number of hydrogen-bond acceptors (Lipinski definition) is 5. The van der Waals surface area contributed by atoms with Crippen molar-refractivity contribution in [1.82, 2.24) is 19.9 Å². The Morgan fingerprint density at radius 3 is 2.81 bits per heavy atom. The van der Waals surface area contributed by atoms with E-state index >= 15 is 0 Å². The maximum absolute atomic E-state index is 9.96. The van der Waals surface area contributed by atoms with Crippen molar-refractivity contribution in [2.75, 3.05) is 18.0 Å². The Morgan fingerprint density at radius 2 is 2.08 bits per heavy atom. The molecule has 1 fully saturated rings. The molecule has 6 nitrogen and oxygen atoms in total. The number of nitrogens with zero attached hydrogens (tertiary/aromatic N) is 4. The van der Waals surface area contributed by atoms with Crippen LogP contribution in [-0.2, 0) is 0 Å². The first kappa shape index (κ1) is 17.3. The van der Waals surface area contributed by atoms with Crippen LogP contribution in [0.4, 0.5) is 5.95 Å². The second-order valence-corrected chi connectivity index (χ2v) is 7.08. The normalized spacial score (nSPS) is 17.5. The molecule has 1 atom stereocenters. The SMILES string of the molecule is O[C@@H]1CCCN(c2ncc(-c3ncc[nH]3)c(-c3ccc(Cl)cc3Cl)n2)C1. The summed E-state index contributed by atoms with van der Waals surface area (Å²) in [7, 11) is 0. The number of aromatic amines is 1. The number of β-amino-alcohol motifs (C(OH)–C–C–N with tert-alkyl or cyclic N) is 1. The maximum atomic E-state index is 9.96. The Morgan fingerprint density at radius 1 is 1.19 bits per heavy atom. The quantitative estimate of drug-likeness (QED) is 0.711. The average Bonchev–Trinajstić information content (AvgIpc) is 3.16. The summed E-state index contributed by atoms with van der Waals surface area (Å²) in [6.45, 7) is 1.33. The van der Waals surface area contributed by atoms with Crippen molar-refractivity contribution >= 4 is 29.2 Å². The highest BCUT2D eigenvalue weighted by Crippen LogP contribution is 2.35. The molecule has 0 unspecified atom stereocenters. The van der Waals surface area contributed by atoms with Gasteiger partial charge in [0, 0.05) is 42.3 Å². The zero-order chi connectivity index (χ0) is 18.1. The smallest absolute Gasteiger partial charge is 0.225 e. The van der Waals surface area contributed by atoms with E-state index in [1.54, 1.807) is 30.7 Å². The summed E-state index contributed by atoms with van der Waals surface area (Å²) < 4.78 is 0. The molecule has 0 aliphatic carbocycles. The number of rotatable bonds is 3. The summed E-state index contributed by atoms with van der Waals surface area (Å²) in [5.41, 5.74) is 2.18. The number of H-pyrrole nitrogens is 1. The molecule has 0 amide bonds. The van der Waals surface area contributed by atoms with Crippen LogP contribution in [0.15, 0.2) is 36.8 Å². The minimum atomic E-state index is -0.361. The first-order chi connectivity index (χ1) is 12.6. The first-order valence-electron chi connectivity index (χ1n) is 8.37. The number of halogens is 2. The van der Waals surface area contributed by atoms with E-state index in [4.69, 9.17) is 28.2 Å². The van der Waals surface area contributed by atoms with Crippen molar-refractivity contribution < 1.29 is 5.11 Å². The second-order valence-electron chi connectivity index (χ2n) is 6.24. The van der Waals surface area contributed by atoms with Gasteiger partial charge in [0.2, 0.25) is 5.95 Å². The second kappa shape index (κ2) is 7.23. The van der Waals surface area contributed by atoms with Crippen molar-refractivity contribution in [3.8, 4) is 22.6 Å². The van der Waals surface area contributed by atoms with Gasteiger partial charge in [0.15, 0.2) is 0 Å². The van der Waals surface area contributed by atoms with Gasteiger partial charge < -0.3 is 15.0 Å². The van der Waals surface area contributed by atoms with E-state index in [0.717, 1.165) is 30.5 Å². The zero-order valence-corrected chi connectivity index (χ0v) is 15.4. The standard InChI is InChI=1S/C18H17Cl2N5O/c19-11-3-4-13(15(20)8-11)16-14(17-21-5-6-22-17)9-23-18(24-16)25-7-1-2-12(26)10-25/h3-6,8-9,12,26H,1-2,7,10H2,(H,21,22)/t12-/m1/s1. The molecule has 0 saturated carbocycles. The fourth-order valence-electron chi connectivity index (χ4n) is 3.13. The number of anilines is 1. The molecule has 4 rings (SSSR count). The van der Waals surface area contributed by atoms with E-state index in [0.29, 0.717) is 34.1 Å². The van der Waals surface area contributed by atoms with Gasteiger partial charge in [-0.2, -0.15) is 0 Å². The molecule has 2 N–H and O–H groups in total. The molecule has 1 aliphatic rings. The number of aliphatic hydroxyl groups is 1. The van der Waals surface area contributed by atoms with Crippen molar-refractivity contribution in [2.24, 2.45) is 0 Å². The minimum Gasteiger partial charge on any atom is -0.391 e. The Balaban J connectivity index is 1.83. The van der Waals surface area contributed by atoms with Crippen LogP contribution in [-0.4, -0.2) is 44.2 Å². The molecule has 2 aromatic heterocycles. The van der Waals surface area contributed by atoms with Crippen LogP contribution in [0.25, 0.3) is 22.6 Å². The van der Waals surface area contributed by atoms with Gasteiger partial charge in [-0.3, -0.25) is 0 Å². The van der Waals surface area contributed by atoms with Crippen LogP contribution in [0.5, 0.6) is 0 Å². The average molecular weight is 390 g/mol. The summed E-state index contributed by atoms with van der Waals surface area (Å²) in [5, 5.41) is 11.0. The Kier molecular flexibility index (Phi) is 4.80. The highest BCUT2D eigenvalue weighted by molar-refractivity contribution is 6.36. The molecular formula is C18H17Cl2N5O. The summed E-state index contributed by atoms with van der Waals surface area (Å²) in [5.74, 6) is 1.23. The van der Waals surface area contributed by atoms with Gasteiger partial charge >= 0.3 is 0 Å². The lowest BCUT2D eigenvalue weighted by atomic mass is 10.1. The van der Waals surface area contributed by atoms with Gasteiger partial charge in [0.1, 0.15) is 5.82 Å². The highest BCUT2D eigenvalue weighted by Gasteiger charge is 2.22. The third kappa shape index (κ3) is 3.40. The fraction of sp³-hybridized carbons (Fsp3) is 0.278. The van der Waals surface area contributed by atoms with Crippen molar-refractivity contribution in [1.29, 1.82) is 0 Å². The molecule has 1 aliphatic heterocycles. The van der Waals surface area contributed by atoms with Gasteiger partial charge in [0.05, 0.1) is 22.4 Å². The van der Waals surface area contributed by atoms with Gasteiger partial charge in [0.25, 0.3) is 0 Å². The Hall–Kier alpha value is -2.15. The number of benzene rings is 1. The number of piperidine rings is 1. The van der Waals surface area contributed by atoms with E-state index < -0.39 is 0 Å². The molecule has 1 aromatic carbocycles. The zero-order valence-electron chi connectivity index (χ0n) is 13.9. The number of imidazole rings is 1. The molecule has 26 heavy (non-hydrogen) atoms. The van der Waals surface area contributed by atoms with Crippen LogP contribution in [0, 0.1) is 0 Å². The molecule has 8 heteroatoms. The molecule has 0 spiro atoms. The summed E-state index contributed by atoms with van der Waals surface area (Å²) >= 11 is 12.5. The highest BCUT2D eigenvalue weighted by atomic mass is 35.5. The largest absolute Gasteiger partial charge is 0.391 e. The molecule has 134 valence electrons. The fourth-order valence-corrected chi connectivity index (χ4v) is 3.63. The summed E-state index contributed by atoms with van der Waals surface area (Å²) in [4.78, 5) is 18.7. The van der Waals surface area contributed by atoms with Gasteiger partial charge in [-0.25, -0.2) is 15.0 Å². The summed E-state index contributed by atoms with van der Waals surface area (Å²) in [6.07, 6.45) is 6.51. The topological polar surface area (TPSA) is 77.9 Å². The third-order valence-corrected chi connectivity index (χ3v) is 4.94. The molecular weight excluding hydrogens is 373 g/mol. The molecule has 0 bridgehead atoms. The molecule has 3 aromatic rings. The van der Waals surface area contributed by atoms with Crippen LogP contribution in [0.2, 0.25) is 10.0 Å². The van der Waals surface area contributed by atoms with Crippen LogP contribution >= 0.6 is 23.2 Å². The van der Waals surface area contributed by atoms with Crippen LogP contribution < -0.4 is 4.90 Å². The molecule has 1 saturated heterocycles. The maximum Gasteiger partial charge on any atom is 0.225 e. The Labute approximate surface area is 160 Å². The monoisotopic (exact) mass is 389 g/mol. The number of hydrogen-bond donors (Lipinski definition) is 2. The molecule has 0 radical (unpaired) electrons. The van der Waals surface area contributed by atoms with Crippen molar-refractivity contribution in [3.05, 3.63) is 46.8 Å². The van der Waals surface area contributed by atoms with Crippen LogP contribution in [0.1, 0.15) is 12.8 Å². The number of aliphatic hydroxyl groups excluding tert-OH is 1. The third-order valence-electron chi connectivity index (χ3n) is 4.39. The Bertz CT molecular complexity index is 916. The van der Waals surface area contributed by atoms with Crippen LogP contribution in [0.3, 0.4) is 0 Å². The number of nitrogens with one attached hydrogen (secondary N) is 1. The van der Waals surface area contributed by atoms with Crippen molar-refractivity contribution in [3.63, 3.8) is 0 Å². The van der Waals surface area contributed by atoms with E-state index in [2.05, 4.69) is 15.0 Å². The van der Waals surface area contributed by atoms with E-state index in [9.17, 15) is 5.11 Å². The predicted molar refractivity (Wildman–Crippen MR) is 103 cm³/mol. The lowest BCUT2D eigenvalue weighted by molar-refractivity contribution is 0.153. The predicted octanol–water partition coefficient (Wildman–Crippen LogP) is 3.80. The van der Waals surface area contributed by atoms with E-state index in [1.165, 1.54) is 0 Å². The minimum absolute atomic E-state index is 0.361. The van der Waals surface area contributed by atoms with Gasteiger partial charge in [-0.1, -0.05) is 23.2 Å². The molecule has 3 heterocycles. The summed E-state index contributed by atoms with van der Waals surface area (Å²) in [6, 6.07) is 5.31. The lowest BCUT2D eigenvalue weighted by Crippen LogP contribution is -2.39. The van der Waals surface area contributed by atoms with Gasteiger partial charge in [-0.15, -0.1) is 0 Å². The first-order valence-corrected chi connectivity index (χ1v) is 9.12. The lowest BCUT2D eigenvalue weighted by Gasteiger charge is -2.30. The van der Waals surface area contributed by atoms with E-state index in [-0.39, 0.29) is 6.10 Å².